The number of nitrogens with zero attached hydrogens (tertiary/aromatic N) is 1. The van der Waals surface area contributed by atoms with Crippen molar-refractivity contribution >= 4 is 11.6 Å². The minimum Gasteiger partial charge on any atom is -0.323 e. The van der Waals surface area contributed by atoms with Crippen LogP contribution in [-0.4, -0.2) is 16.1 Å². The molecule has 0 aliphatic rings. The van der Waals surface area contributed by atoms with Crippen molar-refractivity contribution in [1.82, 2.24) is 10.2 Å². The molecule has 4 heteroatoms. The standard InChI is InChI=1S/C11H19N3O/c1-2-3-4-5-6-7-11(15)14-10-8-12-13-9-10/h8-9H,2-7H2,1H3,(H,12,13)(H,14,15). The third kappa shape index (κ3) is 5.20. The fourth-order valence-corrected chi connectivity index (χ4v) is 1.43. The molecule has 0 fully saturated rings. The number of aromatic nitrogens is 2. The van der Waals surface area contributed by atoms with Gasteiger partial charge in [0.25, 0.3) is 0 Å². The normalized spacial score (nSPS) is 10.2. The second kappa shape index (κ2) is 7.04. The summed E-state index contributed by atoms with van der Waals surface area (Å²) < 4.78 is 0. The molecule has 15 heavy (non-hydrogen) atoms. The lowest BCUT2D eigenvalue weighted by Crippen LogP contribution is -2.10. The van der Waals surface area contributed by atoms with Crippen molar-refractivity contribution in [2.24, 2.45) is 0 Å². The number of anilines is 1. The van der Waals surface area contributed by atoms with Gasteiger partial charge < -0.3 is 5.32 Å². The quantitative estimate of drug-likeness (QED) is 0.678. The molecule has 84 valence electrons. The Morgan fingerprint density at radius 3 is 2.87 bits per heavy atom. The summed E-state index contributed by atoms with van der Waals surface area (Å²) in [7, 11) is 0. The highest BCUT2D eigenvalue weighted by molar-refractivity contribution is 5.90. The zero-order valence-corrected chi connectivity index (χ0v) is 9.25. The van der Waals surface area contributed by atoms with Gasteiger partial charge in [-0.05, 0) is 6.42 Å². The smallest absolute Gasteiger partial charge is 0.224 e. The van der Waals surface area contributed by atoms with Gasteiger partial charge in [-0.2, -0.15) is 5.10 Å². The first-order valence-corrected chi connectivity index (χ1v) is 5.61. The topological polar surface area (TPSA) is 57.8 Å². The lowest BCUT2D eigenvalue weighted by molar-refractivity contribution is -0.116. The molecule has 0 spiro atoms. The van der Waals surface area contributed by atoms with Crippen LogP contribution in [0.2, 0.25) is 0 Å². The zero-order valence-electron chi connectivity index (χ0n) is 9.25. The van der Waals surface area contributed by atoms with Gasteiger partial charge in [0, 0.05) is 12.6 Å². The molecule has 0 saturated heterocycles. The summed E-state index contributed by atoms with van der Waals surface area (Å²) in [6.45, 7) is 2.19. The highest BCUT2D eigenvalue weighted by Crippen LogP contribution is 2.07. The molecule has 1 rings (SSSR count). The summed E-state index contributed by atoms with van der Waals surface area (Å²) in [6, 6.07) is 0. The van der Waals surface area contributed by atoms with Crippen molar-refractivity contribution < 1.29 is 4.79 Å². The predicted octanol–water partition coefficient (Wildman–Crippen LogP) is 2.71. The molecule has 1 aromatic rings. The number of hydrogen-bond donors (Lipinski definition) is 2. The molecule has 0 aromatic carbocycles. The number of unbranched alkanes of at least 4 members (excludes halogenated alkanes) is 4. The van der Waals surface area contributed by atoms with E-state index in [2.05, 4.69) is 22.4 Å². The van der Waals surface area contributed by atoms with E-state index in [1.165, 1.54) is 19.3 Å². The van der Waals surface area contributed by atoms with E-state index in [0.29, 0.717) is 6.42 Å². The third-order valence-corrected chi connectivity index (χ3v) is 2.29. The second-order valence-corrected chi connectivity index (χ2v) is 3.70. The Balaban J connectivity index is 2.04. The van der Waals surface area contributed by atoms with Crippen LogP contribution in [-0.2, 0) is 4.79 Å². The van der Waals surface area contributed by atoms with Gasteiger partial charge >= 0.3 is 0 Å². The lowest BCUT2D eigenvalue weighted by atomic mass is 10.1. The second-order valence-electron chi connectivity index (χ2n) is 3.70. The first-order valence-electron chi connectivity index (χ1n) is 5.61. The zero-order chi connectivity index (χ0) is 10.9. The number of amides is 1. The van der Waals surface area contributed by atoms with Crippen molar-refractivity contribution in [3.63, 3.8) is 0 Å². The van der Waals surface area contributed by atoms with Crippen LogP contribution in [0.3, 0.4) is 0 Å². The summed E-state index contributed by atoms with van der Waals surface area (Å²) in [5.74, 6) is 0.0768. The molecule has 1 aromatic heterocycles. The fraction of sp³-hybridized carbons (Fsp3) is 0.636. The summed E-state index contributed by atoms with van der Waals surface area (Å²) in [5, 5.41) is 9.19. The van der Waals surface area contributed by atoms with Gasteiger partial charge in [-0.25, -0.2) is 0 Å². The van der Waals surface area contributed by atoms with Crippen LogP contribution in [0.25, 0.3) is 0 Å². The Morgan fingerprint density at radius 2 is 2.20 bits per heavy atom. The van der Waals surface area contributed by atoms with Crippen LogP contribution < -0.4 is 5.32 Å². The van der Waals surface area contributed by atoms with Crippen molar-refractivity contribution in [2.45, 2.75) is 45.4 Å². The van der Waals surface area contributed by atoms with Gasteiger partial charge in [-0.15, -0.1) is 0 Å². The van der Waals surface area contributed by atoms with E-state index in [0.717, 1.165) is 18.5 Å². The maximum absolute atomic E-state index is 11.4. The summed E-state index contributed by atoms with van der Waals surface area (Å²) in [5.41, 5.74) is 0.744. The van der Waals surface area contributed by atoms with Gasteiger partial charge in [-0.3, -0.25) is 9.89 Å². The van der Waals surface area contributed by atoms with E-state index >= 15 is 0 Å². The number of aromatic amines is 1. The number of carbonyl (C=O) groups is 1. The molecule has 0 bridgehead atoms. The summed E-state index contributed by atoms with van der Waals surface area (Å²) >= 11 is 0. The summed E-state index contributed by atoms with van der Waals surface area (Å²) in [4.78, 5) is 11.4. The van der Waals surface area contributed by atoms with Crippen molar-refractivity contribution in [1.29, 1.82) is 0 Å². The molecule has 2 N–H and O–H groups in total. The molecule has 0 unspecified atom stereocenters. The Bertz CT molecular complexity index is 269. The minimum atomic E-state index is 0.0768. The SMILES string of the molecule is CCCCCCCC(=O)Nc1cn[nH]c1. The van der Waals surface area contributed by atoms with Crippen LogP contribution in [0, 0.1) is 0 Å². The van der Waals surface area contributed by atoms with Crippen molar-refractivity contribution in [3.8, 4) is 0 Å². The number of hydrogen-bond acceptors (Lipinski definition) is 2. The lowest BCUT2D eigenvalue weighted by Gasteiger charge is -2.01. The van der Waals surface area contributed by atoms with Gasteiger partial charge in [0.15, 0.2) is 0 Å². The molecule has 0 saturated carbocycles. The molecule has 0 radical (unpaired) electrons. The maximum Gasteiger partial charge on any atom is 0.224 e. The van der Waals surface area contributed by atoms with E-state index in [1.54, 1.807) is 12.4 Å². The number of H-pyrrole nitrogens is 1. The van der Waals surface area contributed by atoms with E-state index in [9.17, 15) is 4.79 Å². The molecule has 0 aliphatic carbocycles. The van der Waals surface area contributed by atoms with Gasteiger partial charge in [0.2, 0.25) is 5.91 Å². The number of carbonyl (C=O) groups excluding carboxylic acids is 1. The van der Waals surface area contributed by atoms with Gasteiger partial charge in [0.1, 0.15) is 0 Å². The van der Waals surface area contributed by atoms with Crippen LogP contribution in [0.5, 0.6) is 0 Å². The fourth-order valence-electron chi connectivity index (χ4n) is 1.43. The summed E-state index contributed by atoms with van der Waals surface area (Å²) in [6.07, 6.45) is 9.75. The first kappa shape index (κ1) is 11.8. The number of rotatable bonds is 7. The Kier molecular flexibility index (Phi) is 5.51. The van der Waals surface area contributed by atoms with Crippen molar-refractivity contribution in [2.75, 3.05) is 5.32 Å². The average molecular weight is 209 g/mol. The molecule has 0 atom stereocenters. The largest absolute Gasteiger partial charge is 0.323 e. The predicted molar refractivity (Wildman–Crippen MR) is 60.6 cm³/mol. The molecular formula is C11H19N3O. The molecular weight excluding hydrogens is 190 g/mol. The Labute approximate surface area is 90.5 Å². The molecule has 4 nitrogen and oxygen atoms in total. The Morgan fingerprint density at radius 1 is 1.40 bits per heavy atom. The van der Waals surface area contributed by atoms with Gasteiger partial charge in [-0.1, -0.05) is 32.6 Å². The van der Waals surface area contributed by atoms with Crippen LogP contribution in [0.4, 0.5) is 5.69 Å². The highest BCUT2D eigenvalue weighted by atomic mass is 16.1. The highest BCUT2D eigenvalue weighted by Gasteiger charge is 2.02. The van der Waals surface area contributed by atoms with Crippen molar-refractivity contribution in [3.05, 3.63) is 12.4 Å². The van der Waals surface area contributed by atoms with Crippen LogP contribution in [0.15, 0.2) is 12.4 Å². The van der Waals surface area contributed by atoms with E-state index in [-0.39, 0.29) is 5.91 Å². The molecule has 1 heterocycles. The van der Waals surface area contributed by atoms with Crippen LogP contribution in [0.1, 0.15) is 45.4 Å². The van der Waals surface area contributed by atoms with E-state index in [4.69, 9.17) is 0 Å². The van der Waals surface area contributed by atoms with Crippen LogP contribution >= 0.6 is 0 Å². The monoisotopic (exact) mass is 209 g/mol. The van der Waals surface area contributed by atoms with E-state index < -0.39 is 0 Å². The molecule has 1 amide bonds. The molecule has 0 aliphatic heterocycles. The van der Waals surface area contributed by atoms with E-state index in [1.807, 2.05) is 0 Å². The Hall–Kier alpha value is -1.32. The first-order chi connectivity index (χ1) is 7.33. The third-order valence-electron chi connectivity index (χ3n) is 2.29. The maximum atomic E-state index is 11.4. The average Bonchev–Trinajstić information content (AvgIpc) is 2.70. The van der Waals surface area contributed by atoms with Gasteiger partial charge in [0.05, 0.1) is 11.9 Å². The minimum absolute atomic E-state index is 0.0768. The number of nitrogens with one attached hydrogen (secondary N) is 2.